The summed E-state index contributed by atoms with van der Waals surface area (Å²) in [6.07, 6.45) is -0.767. The van der Waals surface area contributed by atoms with E-state index in [1.165, 1.54) is 12.3 Å². The quantitative estimate of drug-likeness (QED) is 0.706. The molecule has 1 unspecified atom stereocenters. The van der Waals surface area contributed by atoms with Crippen LogP contribution in [0.3, 0.4) is 0 Å². The van der Waals surface area contributed by atoms with Crippen LogP contribution >= 0.6 is 11.3 Å². The van der Waals surface area contributed by atoms with Crippen LogP contribution in [-0.2, 0) is 10.0 Å². The zero-order valence-electron chi connectivity index (χ0n) is 6.26. The molecule has 1 atom stereocenters. The average molecular weight is 208 g/mol. The molecule has 1 rings (SSSR count). The molecule has 12 heavy (non-hydrogen) atoms. The number of nitrogens with zero attached hydrogens (tertiary/aromatic N) is 1. The SMILES string of the molecule is CC(O)c1csc(S(N)(=O)=O)n1. The molecule has 0 aliphatic heterocycles. The van der Waals surface area contributed by atoms with E-state index in [1.54, 1.807) is 0 Å². The van der Waals surface area contributed by atoms with E-state index in [-0.39, 0.29) is 4.34 Å². The summed E-state index contributed by atoms with van der Waals surface area (Å²) in [5, 5.41) is 15.3. The molecule has 0 saturated heterocycles. The maximum absolute atomic E-state index is 10.7. The van der Waals surface area contributed by atoms with E-state index in [0.29, 0.717) is 5.69 Å². The second kappa shape index (κ2) is 3.09. The monoisotopic (exact) mass is 208 g/mol. The molecule has 1 heterocycles. The van der Waals surface area contributed by atoms with Gasteiger partial charge in [0, 0.05) is 5.38 Å². The van der Waals surface area contributed by atoms with Crippen molar-refractivity contribution in [2.45, 2.75) is 17.4 Å². The van der Waals surface area contributed by atoms with E-state index in [2.05, 4.69) is 4.98 Å². The molecule has 1 aromatic heterocycles. The summed E-state index contributed by atoms with van der Waals surface area (Å²) in [7, 11) is -3.72. The first kappa shape index (κ1) is 9.59. The minimum Gasteiger partial charge on any atom is -0.387 e. The van der Waals surface area contributed by atoms with E-state index in [4.69, 9.17) is 10.2 Å². The van der Waals surface area contributed by atoms with Crippen molar-refractivity contribution in [3.05, 3.63) is 11.1 Å². The number of thiazole rings is 1. The Balaban J connectivity index is 3.09. The van der Waals surface area contributed by atoms with Crippen LogP contribution in [0.4, 0.5) is 0 Å². The summed E-state index contributed by atoms with van der Waals surface area (Å²) in [6.45, 7) is 1.50. The van der Waals surface area contributed by atoms with Gasteiger partial charge in [-0.25, -0.2) is 18.5 Å². The van der Waals surface area contributed by atoms with Gasteiger partial charge in [-0.3, -0.25) is 0 Å². The van der Waals surface area contributed by atoms with E-state index < -0.39 is 16.1 Å². The number of hydrogen-bond acceptors (Lipinski definition) is 5. The molecule has 0 bridgehead atoms. The third-order valence-corrected chi connectivity index (χ3v) is 3.39. The van der Waals surface area contributed by atoms with Gasteiger partial charge in [-0.2, -0.15) is 0 Å². The Morgan fingerprint density at radius 2 is 2.33 bits per heavy atom. The molecule has 68 valence electrons. The van der Waals surface area contributed by atoms with Crippen molar-refractivity contribution in [1.82, 2.24) is 4.98 Å². The van der Waals surface area contributed by atoms with Crippen LogP contribution < -0.4 is 5.14 Å². The number of sulfonamides is 1. The molecule has 0 saturated carbocycles. The standard InChI is InChI=1S/C5H8N2O3S2/c1-3(8)4-2-11-5(7-4)12(6,9)10/h2-3,8H,1H3,(H2,6,9,10). The van der Waals surface area contributed by atoms with Crippen molar-refractivity contribution in [2.24, 2.45) is 5.14 Å². The Labute approximate surface area is 73.9 Å². The van der Waals surface area contributed by atoms with Gasteiger partial charge in [0.2, 0.25) is 4.34 Å². The summed E-state index contributed by atoms with van der Waals surface area (Å²) in [5.74, 6) is 0. The molecular formula is C5H8N2O3S2. The maximum atomic E-state index is 10.7. The Morgan fingerprint density at radius 3 is 2.58 bits per heavy atom. The van der Waals surface area contributed by atoms with Gasteiger partial charge in [-0.15, -0.1) is 11.3 Å². The molecule has 0 spiro atoms. The Kier molecular flexibility index (Phi) is 2.47. The lowest BCUT2D eigenvalue weighted by molar-refractivity contribution is 0.194. The number of aliphatic hydroxyl groups excluding tert-OH is 1. The second-order valence-electron chi connectivity index (χ2n) is 2.26. The lowest BCUT2D eigenvalue weighted by atomic mass is 10.3. The molecular weight excluding hydrogens is 200 g/mol. The smallest absolute Gasteiger partial charge is 0.265 e. The lowest BCUT2D eigenvalue weighted by Crippen LogP contribution is -2.11. The number of primary sulfonamides is 1. The van der Waals surface area contributed by atoms with Crippen molar-refractivity contribution in [2.75, 3.05) is 0 Å². The molecule has 0 fully saturated rings. The van der Waals surface area contributed by atoms with Crippen LogP contribution in [0.15, 0.2) is 9.72 Å². The molecule has 7 heteroatoms. The molecule has 0 amide bonds. The summed E-state index contributed by atoms with van der Waals surface area (Å²) in [5.41, 5.74) is 0.323. The van der Waals surface area contributed by atoms with Gasteiger partial charge in [-0.1, -0.05) is 0 Å². The van der Waals surface area contributed by atoms with Gasteiger partial charge < -0.3 is 5.11 Å². The third kappa shape index (κ3) is 2.01. The minimum absolute atomic E-state index is 0.168. The fourth-order valence-corrected chi connectivity index (χ4v) is 2.13. The largest absolute Gasteiger partial charge is 0.387 e. The van der Waals surface area contributed by atoms with Crippen LogP contribution in [0.25, 0.3) is 0 Å². The van der Waals surface area contributed by atoms with Crippen molar-refractivity contribution in [3.63, 3.8) is 0 Å². The number of aliphatic hydroxyl groups is 1. The van der Waals surface area contributed by atoms with Crippen molar-refractivity contribution < 1.29 is 13.5 Å². The van der Waals surface area contributed by atoms with E-state index >= 15 is 0 Å². The van der Waals surface area contributed by atoms with Crippen LogP contribution in [0.2, 0.25) is 0 Å². The highest BCUT2D eigenvalue weighted by Gasteiger charge is 2.14. The predicted molar refractivity (Wildman–Crippen MR) is 44.1 cm³/mol. The van der Waals surface area contributed by atoms with Gasteiger partial charge in [0.05, 0.1) is 11.8 Å². The van der Waals surface area contributed by atoms with E-state index in [9.17, 15) is 8.42 Å². The van der Waals surface area contributed by atoms with Gasteiger partial charge in [-0.05, 0) is 6.92 Å². The van der Waals surface area contributed by atoms with Crippen molar-refractivity contribution in [3.8, 4) is 0 Å². The van der Waals surface area contributed by atoms with Crippen LogP contribution in [0, 0.1) is 0 Å². The highest BCUT2D eigenvalue weighted by atomic mass is 32.2. The summed E-state index contributed by atoms with van der Waals surface area (Å²) >= 11 is 0.901. The van der Waals surface area contributed by atoms with Crippen LogP contribution in [0.1, 0.15) is 18.7 Å². The first-order valence-corrected chi connectivity index (χ1v) is 5.50. The van der Waals surface area contributed by atoms with Gasteiger partial charge in [0.1, 0.15) is 0 Å². The van der Waals surface area contributed by atoms with E-state index in [1.807, 2.05) is 0 Å². The van der Waals surface area contributed by atoms with Crippen molar-refractivity contribution >= 4 is 21.4 Å². The molecule has 0 radical (unpaired) electrons. The number of hydrogen-bond donors (Lipinski definition) is 2. The van der Waals surface area contributed by atoms with Gasteiger partial charge in [0.15, 0.2) is 0 Å². The fraction of sp³-hybridized carbons (Fsp3) is 0.400. The first-order chi connectivity index (χ1) is 5.41. The minimum atomic E-state index is -3.72. The topological polar surface area (TPSA) is 93.3 Å². The summed E-state index contributed by atoms with van der Waals surface area (Å²) in [4.78, 5) is 3.64. The number of nitrogens with two attached hydrogens (primary N) is 1. The first-order valence-electron chi connectivity index (χ1n) is 3.07. The molecule has 5 nitrogen and oxygen atoms in total. The molecule has 3 N–H and O–H groups in total. The zero-order valence-corrected chi connectivity index (χ0v) is 7.89. The lowest BCUT2D eigenvalue weighted by Gasteiger charge is -1.95. The van der Waals surface area contributed by atoms with Gasteiger partial charge >= 0.3 is 0 Å². The predicted octanol–water partition coefficient (Wildman–Crippen LogP) is -0.156. The number of rotatable bonds is 2. The summed E-state index contributed by atoms with van der Waals surface area (Å²) < 4.78 is 21.3. The van der Waals surface area contributed by atoms with Gasteiger partial charge in [0.25, 0.3) is 10.0 Å². The van der Waals surface area contributed by atoms with E-state index in [0.717, 1.165) is 11.3 Å². The molecule has 0 aliphatic rings. The third-order valence-electron chi connectivity index (χ3n) is 1.17. The van der Waals surface area contributed by atoms with Crippen LogP contribution in [0.5, 0.6) is 0 Å². The second-order valence-corrected chi connectivity index (χ2v) is 4.85. The summed E-state index contributed by atoms with van der Waals surface area (Å²) in [6, 6.07) is 0. The fourth-order valence-electron chi connectivity index (χ4n) is 0.591. The number of aromatic nitrogens is 1. The molecule has 1 aromatic rings. The Hall–Kier alpha value is -0.500. The Morgan fingerprint density at radius 1 is 1.75 bits per heavy atom. The molecule has 0 aromatic carbocycles. The molecule has 0 aliphatic carbocycles. The normalized spacial score (nSPS) is 14.6. The van der Waals surface area contributed by atoms with Crippen LogP contribution in [-0.4, -0.2) is 18.5 Å². The Bertz CT molecular complexity index is 368. The zero-order chi connectivity index (χ0) is 9.35. The maximum Gasteiger partial charge on any atom is 0.265 e. The highest BCUT2D eigenvalue weighted by molar-refractivity contribution is 7.91. The average Bonchev–Trinajstić information content (AvgIpc) is 2.30. The van der Waals surface area contributed by atoms with Crippen molar-refractivity contribution in [1.29, 1.82) is 0 Å². The highest BCUT2D eigenvalue weighted by Crippen LogP contribution is 2.18.